The molecular formula is C12H14ClN3S. The molecule has 1 unspecified atom stereocenters. The summed E-state index contributed by atoms with van der Waals surface area (Å²) >= 11 is 7.75. The van der Waals surface area contributed by atoms with Crippen molar-refractivity contribution in [3.05, 3.63) is 29.5 Å². The minimum atomic E-state index is 0.374. The Hall–Kier alpha value is -1.00. The van der Waals surface area contributed by atoms with Gasteiger partial charge in [0.1, 0.15) is 12.1 Å². The predicted octanol–water partition coefficient (Wildman–Crippen LogP) is 3.45. The first-order valence-electron chi connectivity index (χ1n) is 5.36. The average Bonchev–Trinajstić information content (AvgIpc) is 2.29. The lowest BCUT2D eigenvalue weighted by Gasteiger charge is -2.14. The highest BCUT2D eigenvalue weighted by Crippen LogP contribution is 2.23. The summed E-state index contributed by atoms with van der Waals surface area (Å²) in [6.07, 6.45) is 3.66. The SMILES string of the molecule is CSCC(C)Nc1ncnc2cc(Cl)ccc12. The van der Waals surface area contributed by atoms with Crippen molar-refractivity contribution in [2.45, 2.75) is 13.0 Å². The van der Waals surface area contributed by atoms with Crippen LogP contribution in [0.5, 0.6) is 0 Å². The highest BCUT2D eigenvalue weighted by Gasteiger charge is 2.07. The zero-order valence-electron chi connectivity index (χ0n) is 9.77. The van der Waals surface area contributed by atoms with Gasteiger partial charge in [0.05, 0.1) is 5.52 Å². The molecule has 0 saturated carbocycles. The Labute approximate surface area is 110 Å². The van der Waals surface area contributed by atoms with E-state index >= 15 is 0 Å². The van der Waals surface area contributed by atoms with Crippen LogP contribution in [0.3, 0.4) is 0 Å². The Bertz CT molecular complexity index is 518. The summed E-state index contributed by atoms with van der Waals surface area (Å²) in [7, 11) is 0. The van der Waals surface area contributed by atoms with Gasteiger partial charge in [0.2, 0.25) is 0 Å². The van der Waals surface area contributed by atoms with Crippen molar-refractivity contribution in [2.75, 3.05) is 17.3 Å². The molecule has 1 aromatic carbocycles. The van der Waals surface area contributed by atoms with Crippen molar-refractivity contribution in [2.24, 2.45) is 0 Å². The smallest absolute Gasteiger partial charge is 0.137 e. The molecule has 0 aliphatic rings. The predicted molar refractivity (Wildman–Crippen MR) is 76.0 cm³/mol. The lowest BCUT2D eigenvalue weighted by Crippen LogP contribution is -2.18. The molecule has 0 fully saturated rings. The lowest BCUT2D eigenvalue weighted by molar-refractivity contribution is 0.904. The maximum absolute atomic E-state index is 5.94. The van der Waals surface area contributed by atoms with Crippen LogP contribution in [0.2, 0.25) is 5.02 Å². The van der Waals surface area contributed by atoms with Crippen molar-refractivity contribution < 1.29 is 0 Å². The van der Waals surface area contributed by atoms with Crippen LogP contribution in [0.15, 0.2) is 24.5 Å². The third-order valence-electron chi connectivity index (χ3n) is 2.40. The van der Waals surface area contributed by atoms with Crippen molar-refractivity contribution in [1.29, 1.82) is 0 Å². The molecule has 90 valence electrons. The van der Waals surface area contributed by atoms with Gasteiger partial charge < -0.3 is 5.32 Å². The van der Waals surface area contributed by atoms with Gasteiger partial charge in [-0.25, -0.2) is 9.97 Å². The van der Waals surface area contributed by atoms with Crippen molar-refractivity contribution in [3.63, 3.8) is 0 Å². The second-order valence-corrected chi connectivity index (χ2v) is 5.23. The Balaban J connectivity index is 2.34. The second-order valence-electron chi connectivity index (χ2n) is 3.88. The zero-order valence-corrected chi connectivity index (χ0v) is 11.3. The number of anilines is 1. The number of nitrogens with one attached hydrogen (secondary N) is 1. The van der Waals surface area contributed by atoms with E-state index in [1.807, 2.05) is 30.0 Å². The molecular weight excluding hydrogens is 254 g/mol. The molecule has 0 spiro atoms. The molecule has 3 nitrogen and oxygen atoms in total. The topological polar surface area (TPSA) is 37.8 Å². The summed E-state index contributed by atoms with van der Waals surface area (Å²) < 4.78 is 0. The number of nitrogens with zero attached hydrogens (tertiary/aromatic N) is 2. The fourth-order valence-corrected chi connectivity index (χ4v) is 2.42. The molecule has 0 saturated heterocycles. The minimum Gasteiger partial charge on any atom is -0.366 e. The van der Waals surface area contributed by atoms with E-state index in [0.717, 1.165) is 22.5 Å². The van der Waals surface area contributed by atoms with E-state index in [1.165, 1.54) is 0 Å². The van der Waals surface area contributed by atoms with Gasteiger partial charge >= 0.3 is 0 Å². The Morgan fingerprint density at radius 3 is 3.00 bits per heavy atom. The zero-order chi connectivity index (χ0) is 12.3. The molecule has 2 rings (SSSR count). The van der Waals surface area contributed by atoms with E-state index in [0.29, 0.717) is 11.1 Å². The van der Waals surface area contributed by atoms with Crippen LogP contribution >= 0.6 is 23.4 Å². The number of fused-ring (bicyclic) bond motifs is 1. The van der Waals surface area contributed by atoms with Gasteiger partial charge in [0.15, 0.2) is 0 Å². The highest BCUT2D eigenvalue weighted by atomic mass is 35.5. The first-order chi connectivity index (χ1) is 8.20. The molecule has 0 aliphatic heterocycles. The molecule has 1 heterocycles. The summed E-state index contributed by atoms with van der Waals surface area (Å²) in [5.41, 5.74) is 0.867. The number of rotatable bonds is 4. The van der Waals surface area contributed by atoms with Crippen LogP contribution in [-0.4, -0.2) is 28.0 Å². The summed E-state index contributed by atoms with van der Waals surface area (Å²) in [6, 6.07) is 6.03. The molecule has 0 radical (unpaired) electrons. The van der Waals surface area contributed by atoms with Gasteiger partial charge in [0, 0.05) is 22.2 Å². The molecule has 5 heteroatoms. The first kappa shape index (κ1) is 12.5. The monoisotopic (exact) mass is 267 g/mol. The minimum absolute atomic E-state index is 0.374. The van der Waals surface area contributed by atoms with Crippen LogP contribution in [0.4, 0.5) is 5.82 Å². The van der Waals surface area contributed by atoms with Crippen molar-refractivity contribution >= 4 is 40.1 Å². The molecule has 17 heavy (non-hydrogen) atoms. The van der Waals surface area contributed by atoms with Gasteiger partial charge in [0.25, 0.3) is 0 Å². The lowest BCUT2D eigenvalue weighted by atomic mass is 10.2. The van der Waals surface area contributed by atoms with Crippen molar-refractivity contribution in [3.8, 4) is 0 Å². The van der Waals surface area contributed by atoms with Gasteiger partial charge in [-0.2, -0.15) is 11.8 Å². The Morgan fingerprint density at radius 1 is 1.41 bits per heavy atom. The highest BCUT2D eigenvalue weighted by molar-refractivity contribution is 7.98. The number of hydrogen-bond donors (Lipinski definition) is 1. The molecule has 1 N–H and O–H groups in total. The van der Waals surface area contributed by atoms with E-state index < -0.39 is 0 Å². The molecule has 1 aromatic heterocycles. The molecule has 1 atom stereocenters. The van der Waals surface area contributed by atoms with Gasteiger partial charge in [-0.15, -0.1) is 0 Å². The summed E-state index contributed by atoms with van der Waals surface area (Å²) in [5, 5.41) is 5.09. The second kappa shape index (κ2) is 5.56. The number of aromatic nitrogens is 2. The van der Waals surface area contributed by atoms with Crippen LogP contribution < -0.4 is 5.32 Å². The number of halogens is 1. The van der Waals surface area contributed by atoms with Crippen molar-refractivity contribution in [1.82, 2.24) is 9.97 Å². The quantitative estimate of drug-likeness (QED) is 0.921. The Morgan fingerprint density at radius 2 is 2.24 bits per heavy atom. The van der Waals surface area contributed by atoms with Crippen LogP contribution in [0.1, 0.15) is 6.92 Å². The fourth-order valence-electron chi connectivity index (χ4n) is 1.67. The largest absolute Gasteiger partial charge is 0.366 e. The van der Waals surface area contributed by atoms with Gasteiger partial charge in [-0.3, -0.25) is 0 Å². The van der Waals surface area contributed by atoms with E-state index in [-0.39, 0.29) is 0 Å². The van der Waals surface area contributed by atoms with Gasteiger partial charge in [-0.05, 0) is 31.4 Å². The Kier molecular flexibility index (Phi) is 4.07. The molecule has 2 aromatic rings. The number of benzene rings is 1. The van der Waals surface area contributed by atoms with Crippen LogP contribution in [0, 0.1) is 0 Å². The summed E-state index contributed by atoms with van der Waals surface area (Å²) in [6.45, 7) is 2.14. The summed E-state index contributed by atoms with van der Waals surface area (Å²) in [5.74, 6) is 1.91. The third-order valence-corrected chi connectivity index (χ3v) is 3.47. The molecule has 0 aliphatic carbocycles. The number of thioether (sulfide) groups is 1. The standard InChI is InChI=1S/C12H14ClN3S/c1-8(6-17-2)16-12-10-4-3-9(13)5-11(10)14-7-15-12/h3-5,7-8H,6H2,1-2H3,(H,14,15,16). The van der Waals surface area contributed by atoms with Crippen LogP contribution in [-0.2, 0) is 0 Å². The van der Waals surface area contributed by atoms with Crippen LogP contribution in [0.25, 0.3) is 10.9 Å². The maximum atomic E-state index is 5.94. The summed E-state index contributed by atoms with van der Waals surface area (Å²) in [4.78, 5) is 8.50. The van der Waals surface area contributed by atoms with Gasteiger partial charge in [-0.1, -0.05) is 11.6 Å². The van der Waals surface area contributed by atoms with E-state index in [9.17, 15) is 0 Å². The fraction of sp³-hybridized carbons (Fsp3) is 0.333. The molecule has 0 amide bonds. The normalized spacial score (nSPS) is 12.6. The van der Waals surface area contributed by atoms with E-state index in [1.54, 1.807) is 6.33 Å². The third kappa shape index (κ3) is 3.01. The maximum Gasteiger partial charge on any atom is 0.137 e. The van der Waals surface area contributed by atoms with E-state index in [2.05, 4.69) is 28.5 Å². The molecule has 0 bridgehead atoms. The average molecular weight is 268 g/mol. The van der Waals surface area contributed by atoms with E-state index in [4.69, 9.17) is 11.6 Å². The number of hydrogen-bond acceptors (Lipinski definition) is 4. The first-order valence-corrected chi connectivity index (χ1v) is 7.13.